The second-order valence-electron chi connectivity index (χ2n) is 4.22. The average Bonchev–Trinajstić information content (AvgIpc) is 2.81. The largest absolute Gasteiger partial charge is 0.472 e. The maximum atomic E-state index is 12.0. The number of hydrogen-bond donors (Lipinski definition) is 1. The zero-order valence-electron chi connectivity index (χ0n) is 10.0. The molecule has 0 aliphatic carbocycles. The van der Waals surface area contributed by atoms with Crippen LogP contribution in [0.4, 0.5) is 0 Å². The van der Waals surface area contributed by atoms with E-state index in [0.29, 0.717) is 5.56 Å². The van der Waals surface area contributed by atoms with Crippen molar-refractivity contribution < 1.29 is 9.21 Å². The fourth-order valence-electron chi connectivity index (χ4n) is 1.75. The molecule has 2 aromatic rings. The highest BCUT2D eigenvalue weighted by molar-refractivity contribution is 9.10. The van der Waals surface area contributed by atoms with Crippen molar-refractivity contribution in [2.24, 2.45) is 0 Å². The summed E-state index contributed by atoms with van der Waals surface area (Å²) < 4.78 is 5.90. The van der Waals surface area contributed by atoms with Gasteiger partial charge in [-0.05, 0) is 43.2 Å². The minimum atomic E-state index is -0.0627. The quantitative estimate of drug-likeness (QED) is 0.940. The normalized spacial score (nSPS) is 12.1. The molecule has 0 aliphatic heterocycles. The van der Waals surface area contributed by atoms with Crippen LogP contribution in [0.2, 0.25) is 0 Å². The van der Waals surface area contributed by atoms with Gasteiger partial charge < -0.3 is 9.73 Å². The van der Waals surface area contributed by atoms with Crippen LogP contribution in [0.5, 0.6) is 0 Å². The monoisotopic (exact) mass is 307 g/mol. The van der Waals surface area contributed by atoms with Crippen LogP contribution in [-0.4, -0.2) is 11.9 Å². The van der Waals surface area contributed by atoms with Gasteiger partial charge in [0.05, 0.1) is 12.5 Å². The van der Waals surface area contributed by atoms with Crippen molar-refractivity contribution in [3.63, 3.8) is 0 Å². The molecule has 94 valence electrons. The van der Waals surface area contributed by atoms with E-state index in [1.165, 1.54) is 0 Å². The zero-order valence-corrected chi connectivity index (χ0v) is 11.6. The van der Waals surface area contributed by atoms with Crippen LogP contribution < -0.4 is 5.32 Å². The van der Waals surface area contributed by atoms with Gasteiger partial charge in [-0.2, -0.15) is 0 Å². The third-order valence-electron chi connectivity index (χ3n) is 2.59. The van der Waals surface area contributed by atoms with Crippen molar-refractivity contribution in [2.75, 3.05) is 0 Å². The lowest BCUT2D eigenvalue weighted by Crippen LogP contribution is -2.33. The second-order valence-corrected chi connectivity index (χ2v) is 5.14. The number of nitrogens with one attached hydrogen (secondary N) is 1. The first-order valence-electron chi connectivity index (χ1n) is 5.72. The number of furan rings is 1. The molecule has 0 bridgehead atoms. The lowest BCUT2D eigenvalue weighted by Gasteiger charge is -2.13. The first kappa shape index (κ1) is 12.9. The van der Waals surface area contributed by atoms with Crippen LogP contribution in [0.3, 0.4) is 0 Å². The van der Waals surface area contributed by atoms with E-state index in [2.05, 4.69) is 21.2 Å². The first-order valence-corrected chi connectivity index (χ1v) is 6.52. The minimum absolute atomic E-state index is 0.0627. The summed E-state index contributed by atoms with van der Waals surface area (Å²) in [5, 5.41) is 2.96. The predicted octanol–water partition coefficient (Wildman–Crippen LogP) is 3.40. The smallest absolute Gasteiger partial charge is 0.251 e. The van der Waals surface area contributed by atoms with Crippen molar-refractivity contribution >= 4 is 21.8 Å². The lowest BCUT2D eigenvalue weighted by atomic mass is 10.1. The summed E-state index contributed by atoms with van der Waals surface area (Å²) in [6.07, 6.45) is 4.09. The second kappa shape index (κ2) is 5.87. The summed E-state index contributed by atoms with van der Waals surface area (Å²) in [6, 6.07) is 9.31. The average molecular weight is 308 g/mol. The molecule has 0 spiro atoms. The molecular weight excluding hydrogens is 294 g/mol. The Kier molecular flexibility index (Phi) is 4.20. The molecule has 0 radical (unpaired) electrons. The SMILES string of the molecule is CC(Cc1ccoc1)NC(=O)c1cccc(Br)c1. The third kappa shape index (κ3) is 3.47. The van der Waals surface area contributed by atoms with Crippen LogP contribution in [0.15, 0.2) is 51.7 Å². The molecule has 4 heteroatoms. The van der Waals surface area contributed by atoms with Crippen molar-refractivity contribution in [2.45, 2.75) is 19.4 Å². The number of carbonyl (C=O) groups excluding carboxylic acids is 1. The number of carbonyl (C=O) groups is 1. The van der Waals surface area contributed by atoms with Gasteiger partial charge in [-0.15, -0.1) is 0 Å². The molecular formula is C14H14BrNO2. The molecule has 1 aromatic heterocycles. The van der Waals surface area contributed by atoms with E-state index >= 15 is 0 Å². The van der Waals surface area contributed by atoms with Gasteiger partial charge >= 0.3 is 0 Å². The molecule has 0 saturated heterocycles. The summed E-state index contributed by atoms with van der Waals surface area (Å²) >= 11 is 3.35. The van der Waals surface area contributed by atoms with Crippen LogP contribution in [-0.2, 0) is 6.42 Å². The highest BCUT2D eigenvalue weighted by Gasteiger charge is 2.10. The molecule has 3 nitrogen and oxygen atoms in total. The van der Waals surface area contributed by atoms with Crippen molar-refractivity contribution in [1.29, 1.82) is 0 Å². The Morgan fingerprint density at radius 1 is 1.44 bits per heavy atom. The van der Waals surface area contributed by atoms with E-state index in [0.717, 1.165) is 16.5 Å². The van der Waals surface area contributed by atoms with Gasteiger partial charge in [0.15, 0.2) is 0 Å². The summed E-state index contributed by atoms with van der Waals surface area (Å²) in [5.41, 5.74) is 1.74. The van der Waals surface area contributed by atoms with Crippen LogP contribution in [0.1, 0.15) is 22.8 Å². The molecule has 1 amide bonds. The van der Waals surface area contributed by atoms with Gasteiger partial charge in [0.1, 0.15) is 0 Å². The van der Waals surface area contributed by atoms with E-state index in [1.54, 1.807) is 24.7 Å². The Labute approximate surface area is 114 Å². The fourth-order valence-corrected chi connectivity index (χ4v) is 2.15. The van der Waals surface area contributed by atoms with E-state index in [9.17, 15) is 4.79 Å². The Balaban J connectivity index is 1.95. The summed E-state index contributed by atoms with van der Waals surface area (Å²) in [6.45, 7) is 1.98. The zero-order chi connectivity index (χ0) is 13.0. The van der Waals surface area contributed by atoms with E-state index in [-0.39, 0.29) is 11.9 Å². The maximum Gasteiger partial charge on any atom is 0.251 e. The first-order chi connectivity index (χ1) is 8.65. The third-order valence-corrected chi connectivity index (χ3v) is 3.08. The van der Waals surface area contributed by atoms with Crippen LogP contribution >= 0.6 is 15.9 Å². The van der Waals surface area contributed by atoms with Crippen LogP contribution in [0, 0.1) is 0 Å². The molecule has 1 atom stereocenters. The van der Waals surface area contributed by atoms with Gasteiger partial charge in [-0.1, -0.05) is 22.0 Å². The Morgan fingerprint density at radius 2 is 2.28 bits per heavy atom. The van der Waals surface area contributed by atoms with Crippen molar-refractivity contribution in [1.82, 2.24) is 5.32 Å². The molecule has 1 aromatic carbocycles. The van der Waals surface area contributed by atoms with Gasteiger partial charge in [0.2, 0.25) is 0 Å². The number of rotatable bonds is 4. The van der Waals surface area contributed by atoms with Gasteiger partial charge in [0.25, 0.3) is 5.91 Å². The fraction of sp³-hybridized carbons (Fsp3) is 0.214. The van der Waals surface area contributed by atoms with Gasteiger partial charge in [-0.25, -0.2) is 0 Å². The Morgan fingerprint density at radius 3 is 2.94 bits per heavy atom. The van der Waals surface area contributed by atoms with Gasteiger partial charge in [0, 0.05) is 16.1 Å². The molecule has 0 fully saturated rings. The molecule has 0 aliphatic rings. The topological polar surface area (TPSA) is 42.2 Å². The summed E-state index contributed by atoms with van der Waals surface area (Å²) in [5.74, 6) is -0.0627. The highest BCUT2D eigenvalue weighted by Crippen LogP contribution is 2.12. The predicted molar refractivity (Wildman–Crippen MR) is 73.5 cm³/mol. The molecule has 0 saturated carbocycles. The Bertz CT molecular complexity index is 522. The number of amides is 1. The summed E-state index contributed by atoms with van der Waals surface area (Å²) in [7, 11) is 0. The molecule has 1 N–H and O–H groups in total. The maximum absolute atomic E-state index is 12.0. The molecule has 18 heavy (non-hydrogen) atoms. The van der Waals surface area contributed by atoms with E-state index in [1.807, 2.05) is 25.1 Å². The number of halogens is 1. The summed E-state index contributed by atoms with van der Waals surface area (Å²) in [4.78, 5) is 12.0. The highest BCUT2D eigenvalue weighted by atomic mass is 79.9. The van der Waals surface area contributed by atoms with Crippen molar-refractivity contribution in [3.8, 4) is 0 Å². The van der Waals surface area contributed by atoms with E-state index in [4.69, 9.17) is 4.42 Å². The number of benzene rings is 1. The van der Waals surface area contributed by atoms with Crippen molar-refractivity contribution in [3.05, 3.63) is 58.5 Å². The van der Waals surface area contributed by atoms with Gasteiger partial charge in [-0.3, -0.25) is 4.79 Å². The number of hydrogen-bond acceptors (Lipinski definition) is 2. The van der Waals surface area contributed by atoms with Crippen LogP contribution in [0.25, 0.3) is 0 Å². The molecule has 1 heterocycles. The molecule has 2 rings (SSSR count). The molecule has 1 unspecified atom stereocenters. The minimum Gasteiger partial charge on any atom is -0.472 e. The standard InChI is InChI=1S/C14H14BrNO2/c1-10(7-11-5-6-18-9-11)16-14(17)12-3-2-4-13(15)8-12/h2-6,8-10H,7H2,1H3,(H,16,17). The lowest BCUT2D eigenvalue weighted by molar-refractivity contribution is 0.0940. The Hall–Kier alpha value is -1.55. The van der Waals surface area contributed by atoms with E-state index < -0.39 is 0 Å².